The highest BCUT2D eigenvalue weighted by Crippen LogP contribution is 2.65. The van der Waals surface area contributed by atoms with Gasteiger partial charge in [-0.15, -0.1) is 0 Å². The van der Waals surface area contributed by atoms with Crippen LogP contribution in [0, 0.1) is 39.1 Å². The van der Waals surface area contributed by atoms with Crippen molar-refractivity contribution in [1.82, 2.24) is 5.01 Å². The van der Waals surface area contributed by atoms with Crippen molar-refractivity contribution >= 4 is 40.6 Å². The van der Waals surface area contributed by atoms with Crippen LogP contribution in [0.2, 0.25) is 0 Å². The Kier molecular flexibility index (Phi) is 3.86. The van der Waals surface area contributed by atoms with Crippen LogP contribution in [0.4, 0.5) is 0 Å². The van der Waals surface area contributed by atoms with Gasteiger partial charge in [0.25, 0.3) is 11.8 Å². The minimum atomic E-state index is -0.223. The molecule has 0 aromatic heterocycles. The summed E-state index contributed by atoms with van der Waals surface area (Å²) in [6.45, 7) is 0. The largest absolute Gasteiger partial charge is 0.493 e. The van der Waals surface area contributed by atoms with E-state index in [-0.39, 0.29) is 35.5 Å². The molecule has 1 aliphatic heterocycles. The molecule has 1 aromatic carbocycles. The second-order valence-corrected chi connectivity index (χ2v) is 8.79. The minimum Gasteiger partial charge on any atom is -0.493 e. The Bertz CT molecular complexity index is 875. The summed E-state index contributed by atoms with van der Waals surface area (Å²) >= 11 is 2.16. The molecule has 5 aliphatic rings. The van der Waals surface area contributed by atoms with E-state index in [1.54, 1.807) is 26.5 Å². The van der Waals surface area contributed by atoms with E-state index >= 15 is 0 Å². The third kappa shape index (κ3) is 2.40. The molecule has 6 atom stereocenters. The van der Waals surface area contributed by atoms with Gasteiger partial charge in [0.15, 0.2) is 11.5 Å². The van der Waals surface area contributed by atoms with Crippen LogP contribution in [0.3, 0.4) is 0 Å². The highest BCUT2D eigenvalue weighted by Gasteiger charge is 2.67. The summed E-state index contributed by atoms with van der Waals surface area (Å²) in [5, 5.41) is 5.36. The molecule has 2 amide bonds. The third-order valence-corrected chi connectivity index (χ3v) is 7.22. The highest BCUT2D eigenvalue weighted by atomic mass is 127. The number of carbonyl (C=O) groups excluding carboxylic acids is 2. The van der Waals surface area contributed by atoms with E-state index in [9.17, 15) is 9.59 Å². The normalized spacial score (nSPS) is 35.6. The van der Waals surface area contributed by atoms with Crippen LogP contribution in [0.15, 0.2) is 29.4 Å². The number of rotatable bonds is 4. The lowest BCUT2D eigenvalue weighted by atomic mass is 9.63. The number of imide groups is 1. The van der Waals surface area contributed by atoms with Gasteiger partial charge in [-0.2, -0.15) is 10.1 Å². The van der Waals surface area contributed by atoms with E-state index in [4.69, 9.17) is 9.47 Å². The van der Waals surface area contributed by atoms with Gasteiger partial charge in [-0.25, -0.2) is 0 Å². The number of hydrogen-bond acceptors (Lipinski definition) is 5. The zero-order chi connectivity index (χ0) is 18.9. The van der Waals surface area contributed by atoms with Crippen molar-refractivity contribution in [3.05, 3.63) is 33.4 Å². The van der Waals surface area contributed by atoms with Crippen molar-refractivity contribution in [1.29, 1.82) is 0 Å². The van der Waals surface area contributed by atoms with Crippen molar-refractivity contribution in [2.24, 2.45) is 40.6 Å². The smallest absolute Gasteiger partial charge is 0.254 e. The van der Waals surface area contributed by atoms with Gasteiger partial charge in [-0.05, 0) is 70.4 Å². The fourth-order valence-electron chi connectivity index (χ4n) is 5.19. The fraction of sp³-hybridized carbons (Fsp3) is 0.450. The number of allylic oxidation sites excluding steroid dienone is 2. The van der Waals surface area contributed by atoms with Crippen LogP contribution in [-0.4, -0.2) is 37.3 Å². The zero-order valence-corrected chi connectivity index (χ0v) is 17.1. The van der Waals surface area contributed by atoms with E-state index in [1.807, 2.05) is 6.07 Å². The molecule has 27 heavy (non-hydrogen) atoms. The maximum Gasteiger partial charge on any atom is 0.254 e. The summed E-state index contributed by atoms with van der Waals surface area (Å²) in [5.41, 5.74) is 0.747. The second-order valence-electron chi connectivity index (χ2n) is 7.63. The molecule has 0 unspecified atom stereocenters. The highest BCUT2D eigenvalue weighted by molar-refractivity contribution is 14.1. The first-order valence-electron chi connectivity index (χ1n) is 9.06. The molecule has 2 saturated carbocycles. The summed E-state index contributed by atoms with van der Waals surface area (Å²) in [6, 6.07) is 3.66. The summed E-state index contributed by atoms with van der Waals surface area (Å²) in [7, 11) is 3.16. The molecule has 1 saturated heterocycles. The number of ether oxygens (including phenoxy) is 2. The first-order chi connectivity index (χ1) is 13.0. The maximum absolute atomic E-state index is 12.9. The maximum atomic E-state index is 12.9. The number of benzene rings is 1. The average Bonchev–Trinajstić information content (AvgIpc) is 3.45. The van der Waals surface area contributed by atoms with Gasteiger partial charge in [-0.3, -0.25) is 9.59 Å². The predicted molar refractivity (Wildman–Crippen MR) is 106 cm³/mol. The van der Waals surface area contributed by atoms with E-state index < -0.39 is 0 Å². The lowest BCUT2D eigenvalue weighted by Crippen LogP contribution is -2.40. The lowest BCUT2D eigenvalue weighted by molar-refractivity contribution is -0.140. The van der Waals surface area contributed by atoms with Gasteiger partial charge >= 0.3 is 0 Å². The summed E-state index contributed by atoms with van der Waals surface area (Å²) in [5.74, 6) is 2.09. The van der Waals surface area contributed by atoms with Gasteiger partial charge in [0, 0.05) is 0 Å². The number of halogens is 1. The molecular weight excluding hydrogens is 459 g/mol. The Morgan fingerprint density at radius 3 is 2.26 bits per heavy atom. The fourth-order valence-corrected chi connectivity index (χ4v) is 6.04. The number of hydrazone groups is 1. The Morgan fingerprint density at radius 2 is 1.70 bits per heavy atom. The molecule has 7 heteroatoms. The van der Waals surface area contributed by atoms with Crippen LogP contribution >= 0.6 is 22.6 Å². The van der Waals surface area contributed by atoms with Crippen molar-refractivity contribution in [2.75, 3.05) is 14.2 Å². The van der Waals surface area contributed by atoms with Crippen LogP contribution in [-0.2, 0) is 9.59 Å². The van der Waals surface area contributed by atoms with Crippen LogP contribution in [0.5, 0.6) is 11.5 Å². The van der Waals surface area contributed by atoms with Crippen molar-refractivity contribution in [2.45, 2.75) is 6.42 Å². The monoisotopic (exact) mass is 478 g/mol. The number of carbonyl (C=O) groups is 2. The summed E-state index contributed by atoms with van der Waals surface area (Å²) < 4.78 is 11.6. The number of hydrogen-bond donors (Lipinski definition) is 0. The molecule has 3 fully saturated rings. The topological polar surface area (TPSA) is 68.2 Å². The molecule has 1 heterocycles. The van der Waals surface area contributed by atoms with Crippen LogP contribution < -0.4 is 9.47 Å². The van der Waals surface area contributed by atoms with Crippen molar-refractivity contribution in [3.8, 4) is 11.5 Å². The Morgan fingerprint density at radius 1 is 1.07 bits per heavy atom. The van der Waals surface area contributed by atoms with Crippen molar-refractivity contribution in [3.63, 3.8) is 0 Å². The molecule has 140 valence electrons. The molecule has 6 rings (SSSR count). The molecule has 0 radical (unpaired) electrons. The lowest BCUT2D eigenvalue weighted by Gasteiger charge is -2.37. The van der Waals surface area contributed by atoms with Gasteiger partial charge in [0.1, 0.15) is 0 Å². The standard InChI is InChI=1S/C20H19IN2O4/c1-26-15-6-9(5-14(21)18(15)27-2)8-22-23-19(24)16-10-3-4-11(13-7-12(10)13)17(16)20(23)25/h3-6,8,10-13,16-17H,7H2,1-2H3/b22-8-/t10-,11-,12-,13+,16-,17-/m1/s1. The average molecular weight is 478 g/mol. The van der Waals surface area contributed by atoms with E-state index in [2.05, 4.69) is 39.8 Å². The van der Waals surface area contributed by atoms with Crippen molar-refractivity contribution < 1.29 is 19.1 Å². The Balaban J connectivity index is 1.43. The van der Waals surface area contributed by atoms with Gasteiger partial charge in [0.2, 0.25) is 0 Å². The zero-order valence-electron chi connectivity index (χ0n) is 15.0. The van der Waals surface area contributed by atoms with E-state index in [0.29, 0.717) is 23.3 Å². The van der Waals surface area contributed by atoms with E-state index in [0.717, 1.165) is 20.6 Å². The number of nitrogens with zero attached hydrogens (tertiary/aromatic N) is 2. The molecule has 0 spiro atoms. The van der Waals surface area contributed by atoms with Gasteiger partial charge < -0.3 is 9.47 Å². The van der Waals surface area contributed by atoms with Crippen LogP contribution in [0.25, 0.3) is 0 Å². The third-order valence-electron chi connectivity index (χ3n) is 6.42. The molecule has 0 N–H and O–H groups in total. The first-order valence-corrected chi connectivity index (χ1v) is 10.1. The summed E-state index contributed by atoms with van der Waals surface area (Å²) in [4.78, 5) is 25.9. The van der Waals surface area contributed by atoms with E-state index in [1.165, 1.54) is 0 Å². The number of methoxy groups -OCH3 is 2. The van der Waals surface area contributed by atoms with Gasteiger partial charge in [-0.1, -0.05) is 12.2 Å². The predicted octanol–water partition coefficient (Wildman–Crippen LogP) is 2.70. The van der Waals surface area contributed by atoms with Gasteiger partial charge in [0.05, 0.1) is 35.8 Å². The molecular formula is C20H19IN2O4. The molecule has 1 aromatic rings. The minimum absolute atomic E-state index is 0.152. The Hall–Kier alpha value is -1.90. The molecule has 4 aliphatic carbocycles. The molecule has 2 bridgehead atoms. The SMILES string of the molecule is COc1cc(/C=N\N2C(=O)[C@@H]3[C@@H]4C=C[C@H]([C@@H]5C[C@H]45)[C@H]3C2=O)cc(I)c1OC. The molecule has 6 nitrogen and oxygen atoms in total. The summed E-state index contributed by atoms with van der Waals surface area (Å²) in [6.07, 6.45) is 7.03. The quantitative estimate of drug-likeness (QED) is 0.289. The Labute approximate surface area is 170 Å². The first kappa shape index (κ1) is 17.2. The number of amides is 2. The van der Waals surface area contributed by atoms with Crippen LogP contribution in [0.1, 0.15) is 12.0 Å². The second kappa shape index (κ2) is 6.05.